The molecule has 10 heteroatoms. The number of hydrogen-bond acceptors (Lipinski definition) is 6. The minimum atomic E-state index is -4.18. The Bertz CT molecular complexity index is 1130. The largest absolute Gasteiger partial charge is 0.483 e. The molecular weight excluding hydrogens is 468 g/mol. The molecule has 0 atom stereocenters. The van der Waals surface area contributed by atoms with Crippen molar-refractivity contribution in [1.82, 2.24) is 5.32 Å². The van der Waals surface area contributed by atoms with Gasteiger partial charge in [-0.1, -0.05) is 43.0 Å². The number of halogens is 1. The third-order valence-corrected chi connectivity index (χ3v) is 7.25. The van der Waals surface area contributed by atoms with Crippen LogP contribution in [-0.4, -0.2) is 40.1 Å². The molecule has 1 aliphatic rings. The summed E-state index contributed by atoms with van der Waals surface area (Å²) < 4.78 is 38.8. The van der Waals surface area contributed by atoms with Crippen molar-refractivity contribution in [3.8, 4) is 5.75 Å². The van der Waals surface area contributed by atoms with Gasteiger partial charge in [0.2, 0.25) is 0 Å². The number of anilines is 1. The van der Waals surface area contributed by atoms with E-state index in [0.717, 1.165) is 25.7 Å². The highest BCUT2D eigenvalue weighted by molar-refractivity contribution is 7.92. The van der Waals surface area contributed by atoms with Crippen LogP contribution in [0.2, 0.25) is 5.02 Å². The molecule has 2 aromatic rings. The molecule has 0 aliphatic heterocycles. The van der Waals surface area contributed by atoms with Crippen LogP contribution in [0, 0.1) is 6.92 Å². The maximum absolute atomic E-state index is 13.1. The Morgan fingerprint density at radius 2 is 1.82 bits per heavy atom. The van der Waals surface area contributed by atoms with E-state index in [0.29, 0.717) is 5.56 Å². The number of para-hydroxylation sites is 1. The number of amides is 1. The van der Waals surface area contributed by atoms with Gasteiger partial charge in [0.1, 0.15) is 10.6 Å². The molecule has 2 N–H and O–H groups in total. The molecule has 2 aromatic carbocycles. The molecule has 1 fully saturated rings. The number of methoxy groups -OCH3 is 1. The van der Waals surface area contributed by atoms with Gasteiger partial charge in [-0.3, -0.25) is 9.52 Å². The predicted molar refractivity (Wildman–Crippen MR) is 125 cm³/mol. The Hall–Kier alpha value is -2.78. The molecule has 0 radical (unpaired) electrons. The van der Waals surface area contributed by atoms with E-state index >= 15 is 0 Å². The van der Waals surface area contributed by atoms with Gasteiger partial charge >= 0.3 is 5.97 Å². The second-order valence-electron chi connectivity index (χ2n) is 7.88. The van der Waals surface area contributed by atoms with Gasteiger partial charge in [-0.2, -0.15) is 0 Å². The maximum Gasteiger partial charge on any atom is 0.339 e. The van der Waals surface area contributed by atoms with Gasteiger partial charge in [0.05, 0.1) is 23.4 Å². The third-order valence-electron chi connectivity index (χ3n) is 5.42. The quantitative estimate of drug-likeness (QED) is 0.535. The molecule has 8 nitrogen and oxygen atoms in total. The summed E-state index contributed by atoms with van der Waals surface area (Å²) >= 11 is 6.23. The number of rotatable bonds is 8. The molecule has 1 aliphatic carbocycles. The summed E-state index contributed by atoms with van der Waals surface area (Å²) in [5.41, 5.74) is 0.692. The minimum absolute atomic E-state index is 0.0189. The first-order valence-corrected chi connectivity index (χ1v) is 12.5. The highest BCUT2D eigenvalue weighted by Crippen LogP contribution is 2.32. The van der Waals surface area contributed by atoms with E-state index in [-0.39, 0.29) is 45.5 Å². The lowest BCUT2D eigenvalue weighted by Gasteiger charge is -2.22. The smallest absolute Gasteiger partial charge is 0.339 e. The maximum atomic E-state index is 13.1. The van der Waals surface area contributed by atoms with E-state index in [2.05, 4.69) is 10.0 Å². The second kappa shape index (κ2) is 10.9. The van der Waals surface area contributed by atoms with Crippen LogP contribution in [0.5, 0.6) is 5.75 Å². The van der Waals surface area contributed by atoms with Crippen LogP contribution >= 0.6 is 11.6 Å². The standard InChI is InChI=1S/C23H27ClN2O6S/c1-15-12-18(24)21(13-20(15)32-14-22(27)25-16-8-4-3-5-9-16)33(29,30)26-19-11-7-6-10-17(19)23(28)31-2/h6-7,10-13,16,26H,3-5,8-9,14H2,1-2H3,(H,25,27). The normalized spacial score (nSPS) is 14.4. The van der Waals surface area contributed by atoms with Crippen molar-refractivity contribution in [3.63, 3.8) is 0 Å². The second-order valence-corrected chi connectivity index (χ2v) is 9.94. The van der Waals surface area contributed by atoms with Crippen LogP contribution in [-0.2, 0) is 19.6 Å². The predicted octanol–water partition coefficient (Wildman–Crippen LogP) is 4.06. The monoisotopic (exact) mass is 494 g/mol. The van der Waals surface area contributed by atoms with E-state index in [4.69, 9.17) is 21.1 Å². The summed E-state index contributed by atoms with van der Waals surface area (Å²) in [6.07, 6.45) is 5.27. The molecule has 178 valence electrons. The van der Waals surface area contributed by atoms with Crippen molar-refractivity contribution < 1.29 is 27.5 Å². The Morgan fingerprint density at radius 1 is 1.12 bits per heavy atom. The van der Waals surface area contributed by atoms with Crippen molar-refractivity contribution in [3.05, 3.63) is 52.5 Å². The lowest BCUT2D eigenvalue weighted by atomic mass is 9.95. The van der Waals surface area contributed by atoms with E-state index in [1.165, 1.54) is 37.8 Å². The molecule has 0 bridgehead atoms. The van der Waals surface area contributed by atoms with Crippen LogP contribution in [0.15, 0.2) is 41.3 Å². The lowest BCUT2D eigenvalue weighted by molar-refractivity contribution is -0.124. The first kappa shape index (κ1) is 24.9. The van der Waals surface area contributed by atoms with Gasteiger partial charge in [-0.15, -0.1) is 0 Å². The van der Waals surface area contributed by atoms with Crippen molar-refractivity contribution in [2.24, 2.45) is 0 Å². The van der Waals surface area contributed by atoms with Crippen LogP contribution in [0.25, 0.3) is 0 Å². The fraction of sp³-hybridized carbons (Fsp3) is 0.391. The molecule has 0 unspecified atom stereocenters. The van der Waals surface area contributed by atoms with Gasteiger partial charge in [-0.25, -0.2) is 13.2 Å². The van der Waals surface area contributed by atoms with E-state index in [9.17, 15) is 18.0 Å². The summed E-state index contributed by atoms with van der Waals surface area (Å²) in [5, 5.41) is 2.94. The third kappa shape index (κ3) is 6.39. The molecule has 33 heavy (non-hydrogen) atoms. The number of sulfonamides is 1. The molecule has 3 rings (SSSR count). The molecule has 1 amide bonds. The average Bonchev–Trinajstić information content (AvgIpc) is 2.78. The number of carbonyl (C=O) groups excluding carboxylic acids is 2. The number of nitrogens with one attached hydrogen (secondary N) is 2. The van der Waals surface area contributed by atoms with Gasteiger partial charge in [0, 0.05) is 12.1 Å². The minimum Gasteiger partial charge on any atom is -0.483 e. The lowest BCUT2D eigenvalue weighted by Crippen LogP contribution is -2.39. The summed E-state index contributed by atoms with van der Waals surface area (Å²) in [6.45, 7) is 1.47. The highest BCUT2D eigenvalue weighted by atomic mass is 35.5. The summed E-state index contributed by atoms with van der Waals surface area (Å²) in [7, 11) is -2.97. The van der Waals surface area contributed by atoms with Gasteiger partial charge in [0.25, 0.3) is 15.9 Å². The molecule has 0 saturated heterocycles. The van der Waals surface area contributed by atoms with Crippen LogP contribution in [0.4, 0.5) is 5.69 Å². The van der Waals surface area contributed by atoms with Crippen LogP contribution in [0.3, 0.4) is 0 Å². The molecule has 1 saturated carbocycles. The first-order valence-electron chi connectivity index (χ1n) is 10.6. The molecular formula is C23H27ClN2O6S. The number of ether oxygens (including phenoxy) is 2. The fourth-order valence-electron chi connectivity index (χ4n) is 3.71. The SMILES string of the molecule is COC(=O)c1ccccc1NS(=O)(=O)c1cc(OCC(=O)NC2CCCCC2)c(C)cc1Cl. The van der Waals surface area contributed by atoms with Crippen molar-refractivity contribution in [2.75, 3.05) is 18.4 Å². The highest BCUT2D eigenvalue weighted by Gasteiger charge is 2.24. The molecule has 0 heterocycles. The summed E-state index contributed by atoms with van der Waals surface area (Å²) in [4.78, 5) is 24.0. The topological polar surface area (TPSA) is 111 Å². The van der Waals surface area contributed by atoms with Gasteiger partial charge in [-0.05, 0) is 43.5 Å². The van der Waals surface area contributed by atoms with Gasteiger partial charge < -0.3 is 14.8 Å². The number of carbonyl (C=O) groups is 2. The number of benzene rings is 2. The summed E-state index contributed by atoms with van der Waals surface area (Å²) in [6, 6.07) is 8.94. The van der Waals surface area contributed by atoms with E-state index in [1.807, 2.05) is 0 Å². The Kier molecular flexibility index (Phi) is 8.20. The Labute approximate surface area is 198 Å². The zero-order valence-corrected chi connectivity index (χ0v) is 20.1. The first-order chi connectivity index (χ1) is 15.7. The Balaban J connectivity index is 1.77. The van der Waals surface area contributed by atoms with Crippen molar-refractivity contribution in [2.45, 2.75) is 50.0 Å². The van der Waals surface area contributed by atoms with E-state index in [1.54, 1.807) is 19.1 Å². The number of hydrogen-bond donors (Lipinski definition) is 2. The van der Waals surface area contributed by atoms with Crippen LogP contribution < -0.4 is 14.8 Å². The van der Waals surface area contributed by atoms with Crippen molar-refractivity contribution in [1.29, 1.82) is 0 Å². The van der Waals surface area contributed by atoms with Crippen LogP contribution in [0.1, 0.15) is 48.0 Å². The number of aryl methyl sites for hydroxylation is 1. The molecule has 0 aromatic heterocycles. The summed E-state index contributed by atoms with van der Waals surface area (Å²) in [5.74, 6) is -0.720. The van der Waals surface area contributed by atoms with Crippen molar-refractivity contribution >= 4 is 39.2 Å². The zero-order valence-electron chi connectivity index (χ0n) is 18.5. The average molecular weight is 495 g/mol. The van der Waals surface area contributed by atoms with Gasteiger partial charge in [0.15, 0.2) is 6.61 Å². The molecule has 0 spiro atoms. The zero-order chi connectivity index (χ0) is 24.0. The fourth-order valence-corrected chi connectivity index (χ4v) is 5.39. The number of esters is 1. The Morgan fingerprint density at radius 3 is 2.52 bits per heavy atom. The van der Waals surface area contributed by atoms with E-state index < -0.39 is 16.0 Å².